The maximum absolute atomic E-state index is 14.0. The van der Waals surface area contributed by atoms with Crippen LogP contribution in [0.1, 0.15) is 22.3 Å². The molecule has 2 N–H and O–H groups in total. The van der Waals surface area contributed by atoms with Crippen molar-refractivity contribution in [1.82, 2.24) is 15.5 Å². The van der Waals surface area contributed by atoms with Crippen LogP contribution in [0.2, 0.25) is 0 Å². The minimum atomic E-state index is -0.543. The van der Waals surface area contributed by atoms with Crippen LogP contribution in [0.25, 0.3) is 0 Å². The standard InChI is InChI=1S/C23H29F2N5O/c1-26-23(27-12-10-16-6-4-7-17(14-16)22(31)29(2)3)28-18-11-13-30(15-18)21-19(24)8-5-9-20(21)25/h4-9,14,18H,10-13,15H2,1-3H3,(H2,26,27,28). The number of aliphatic imine (C=N–C) groups is 1. The lowest BCUT2D eigenvalue weighted by atomic mass is 10.1. The zero-order valence-corrected chi connectivity index (χ0v) is 18.2. The molecular weight excluding hydrogens is 400 g/mol. The van der Waals surface area contributed by atoms with Gasteiger partial charge in [0.15, 0.2) is 5.96 Å². The van der Waals surface area contributed by atoms with E-state index < -0.39 is 11.6 Å². The van der Waals surface area contributed by atoms with Gasteiger partial charge < -0.3 is 20.4 Å². The Kier molecular flexibility index (Phi) is 7.44. The number of guanidine groups is 1. The van der Waals surface area contributed by atoms with Crippen molar-refractivity contribution in [2.24, 2.45) is 4.99 Å². The molecule has 1 aliphatic heterocycles. The zero-order valence-electron chi connectivity index (χ0n) is 18.2. The maximum Gasteiger partial charge on any atom is 0.253 e. The van der Waals surface area contributed by atoms with Crippen molar-refractivity contribution in [1.29, 1.82) is 0 Å². The number of carbonyl (C=O) groups is 1. The fourth-order valence-electron chi connectivity index (χ4n) is 3.70. The monoisotopic (exact) mass is 429 g/mol. The van der Waals surface area contributed by atoms with Crippen LogP contribution in [0, 0.1) is 11.6 Å². The van der Waals surface area contributed by atoms with Crippen LogP contribution in [0.5, 0.6) is 0 Å². The van der Waals surface area contributed by atoms with Crippen molar-refractivity contribution >= 4 is 17.6 Å². The first kappa shape index (κ1) is 22.5. The van der Waals surface area contributed by atoms with E-state index in [0.717, 1.165) is 18.4 Å². The Morgan fingerprint density at radius 2 is 1.90 bits per heavy atom. The molecule has 1 fully saturated rings. The Bertz CT molecular complexity index is 927. The number of carbonyl (C=O) groups excluding carboxylic acids is 1. The first-order valence-corrected chi connectivity index (χ1v) is 10.4. The number of hydrogen-bond acceptors (Lipinski definition) is 3. The normalized spacial score (nSPS) is 16.4. The molecule has 2 aromatic carbocycles. The minimum absolute atomic E-state index is 0.0237. The third kappa shape index (κ3) is 5.71. The van der Waals surface area contributed by atoms with Crippen molar-refractivity contribution < 1.29 is 13.6 Å². The average Bonchev–Trinajstić information content (AvgIpc) is 3.20. The van der Waals surface area contributed by atoms with Crippen LogP contribution in [-0.2, 0) is 6.42 Å². The maximum atomic E-state index is 14.0. The van der Waals surface area contributed by atoms with Gasteiger partial charge in [-0.1, -0.05) is 18.2 Å². The molecular formula is C23H29F2N5O. The lowest BCUT2D eigenvalue weighted by molar-refractivity contribution is 0.0827. The summed E-state index contributed by atoms with van der Waals surface area (Å²) in [6.07, 6.45) is 1.48. The summed E-state index contributed by atoms with van der Waals surface area (Å²) in [5, 5.41) is 6.60. The third-order valence-corrected chi connectivity index (χ3v) is 5.29. The number of para-hydroxylation sites is 1. The van der Waals surface area contributed by atoms with Gasteiger partial charge in [0.05, 0.1) is 0 Å². The summed E-state index contributed by atoms with van der Waals surface area (Å²) < 4.78 is 28.1. The number of benzene rings is 2. The molecule has 1 heterocycles. The van der Waals surface area contributed by atoms with Gasteiger partial charge in [-0.25, -0.2) is 8.78 Å². The highest BCUT2D eigenvalue weighted by molar-refractivity contribution is 5.94. The quantitative estimate of drug-likeness (QED) is 0.548. The molecule has 0 aliphatic carbocycles. The summed E-state index contributed by atoms with van der Waals surface area (Å²) in [6.45, 7) is 1.70. The zero-order chi connectivity index (χ0) is 22.4. The van der Waals surface area contributed by atoms with Gasteiger partial charge in [0.2, 0.25) is 0 Å². The molecule has 2 aromatic rings. The number of nitrogens with zero attached hydrogens (tertiary/aromatic N) is 3. The number of amides is 1. The Balaban J connectivity index is 1.51. The van der Waals surface area contributed by atoms with E-state index in [2.05, 4.69) is 15.6 Å². The topological polar surface area (TPSA) is 60.0 Å². The third-order valence-electron chi connectivity index (χ3n) is 5.29. The molecule has 6 nitrogen and oxygen atoms in total. The summed E-state index contributed by atoms with van der Waals surface area (Å²) in [5.74, 6) is -0.470. The summed E-state index contributed by atoms with van der Waals surface area (Å²) >= 11 is 0. The second-order valence-corrected chi connectivity index (χ2v) is 7.80. The Morgan fingerprint density at radius 3 is 2.58 bits per heavy atom. The number of halogens is 2. The van der Waals surface area contributed by atoms with Crippen LogP contribution in [-0.4, -0.2) is 63.6 Å². The molecule has 1 aliphatic rings. The van der Waals surface area contributed by atoms with Crippen molar-refractivity contribution in [3.63, 3.8) is 0 Å². The predicted octanol–water partition coefficient (Wildman–Crippen LogP) is 2.65. The van der Waals surface area contributed by atoms with Crippen LogP contribution >= 0.6 is 0 Å². The van der Waals surface area contributed by atoms with E-state index in [-0.39, 0.29) is 17.6 Å². The van der Waals surface area contributed by atoms with Gasteiger partial charge in [0, 0.05) is 52.4 Å². The van der Waals surface area contributed by atoms with Crippen molar-refractivity contribution in [2.75, 3.05) is 45.7 Å². The number of rotatable bonds is 6. The van der Waals surface area contributed by atoms with E-state index in [9.17, 15) is 13.6 Å². The number of anilines is 1. The van der Waals surface area contributed by atoms with Crippen molar-refractivity contribution in [3.05, 3.63) is 65.2 Å². The molecule has 1 unspecified atom stereocenters. The van der Waals surface area contributed by atoms with E-state index >= 15 is 0 Å². The molecule has 0 aromatic heterocycles. The van der Waals surface area contributed by atoms with E-state index in [4.69, 9.17) is 0 Å². The minimum Gasteiger partial charge on any atom is -0.365 e. The van der Waals surface area contributed by atoms with Crippen LogP contribution in [0.15, 0.2) is 47.5 Å². The highest BCUT2D eigenvalue weighted by Crippen LogP contribution is 2.26. The fraction of sp³-hybridized carbons (Fsp3) is 0.391. The lowest BCUT2D eigenvalue weighted by Crippen LogP contribution is -2.45. The summed E-state index contributed by atoms with van der Waals surface area (Å²) in [5.41, 5.74) is 1.75. The van der Waals surface area contributed by atoms with Gasteiger partial charge in [0.1, 0.15) is 17.3 Å². The molecule has 166 valence electrons. The van der Waals surface area contributed by atoms with Gasteiger partial charge in [-0.05, 0) is 42.7 Å². The second-order valence-electron chi connectivity index (χ2n) is 7.80. The highest BCUT2D eigenvalue weighted by Gasteiger charge is 2.27. The van der Waals surface area contributed by atoms with Gasteiger partial charge >= 0.3 is 0 Å². The summed E-state index contributed by atoms with van der Waals surface area (Å²) in [6, 6.07) is 11.5. The van der Waals surface area contributed by atoms with E-state index in [1.165, 1.54) is 18.2 Å². The van der Waals surface area contributed by atoms with Crippen molar-refractivity contribution in [2.45, 2.75) is 18.9 Å². The van der Waals surface area contributed by atoms with Gasteiger partial charge in [-0.2, -0.15) is 0 Å². The summed E-state index contributed by atoms with van der Waals surface area (Å²) in [7, 11) is 5.16. The van der Waals surface area contributed by atoms with Crippen LogP contribution in [0.4, 0.5) is 14.5 Å². The van der Waals surface area contributed by atoms with Crippen molar-refractivity contribution in [3.8, 4) is 0 Å². The first-order chi connectivity index (χ1) is 14.9. The Hall–Kier alpha value is -3.16. The van der Waals surface area contributed by atoms with Gasteiger partial charge in [-0.3, -0.25) is 9.79 Å². The van der Waals surface area contributed by atoms with Crippen LogP contribution in [0.3, 0.4) is 0 Å². The van der Waals surface area contributed by atoms with E-state index in [1.807, 2.05) is 24.3 Å². The molecule has 1 saturated heterocycles. The molecule has 3 rings (SSSR count). The fourth-order valence-corrected chi connectivity index (χ4v) is 3.70. The molecule has 0 bridgehead atoms. The second kappa shape index (κ2) is 10.2. The molecule has 1 amide bonds. The smallest absolute Gasteiger partial charge is 0.253 e. The largest absolute Gasteiger partial charge is 0.365 e. The predicted molar refractivity (Wildman–Crippen MR) is 120 cm³/mol. The van der Waals surface area contributed by atoms with Gasteiger partial charge in [0.25, 0.3) is 5.91 Å². The first-order valence-electron chi connectivity index (χ1n) is 10.4. The Morgan fingerprint density at radius 1 is 1.19 bits per heavy atom. The number of nitrogens with one attached hydrogen (secondary N) is 2. The number of hydrogen-bond donors (Lipinski definition) is 2. The molecule has 0 saturated carbocycles. The molecule has 31 heavy (non-hydrogen) atoms. The molecule has 1 atom stereocenters. The SMILES string of the molecule is CN=C(NCCc1cccc(C(=O)N(C)C)c1)NC1CCN(c2c(F)cccc2F)C1. The molecule has 0 radical (unpaired) electrons. The van der Waals surface area contributed by atoms with Crippen LogP contribution < -0.4 is 15.5 Å². The molecule has 0 spiro atoms. The summed E-state index contributed by atoms with van der Waals surface area (Å²) in [4.78, 5) is 19.7. The van der Waals surface area contributed by atoms with Gasteiger partial charge in [-0.15, -0.1) is 0 Å². The lowest BCUT2D eigenvalue weighted by Gasteiger charge is -2.21. The molecule has 8 heteroatoms. The van der Waals surface area contributed by atoms with E-state index in [1.54, 1.807) is 30.9 Å². The van der Waals surface area contributed by atoms with E-state index in [0.29, 0.717) is 31.2 Å². The Labute approximate surface area is 182 Å². The highest BCUT2D eigenvalue weighted by atomic mass is 19.1. The average molecular weight is 430 g/mol.